The lowest BCUT2D eigenvalue weighted by molar-refractivity contribution is 0.313. The highest BCUT2D eigenvalue weighted by Crippen LogP contribution is 2.28. The van der Waals surface area contributed by atoms with E-state index in [9.17, 15) is 0 Å². The molecular formula is C21H22N4. The van der Waals surface area contributed by atoms with Crippen LogP contribution in [0.15, 0.2) is 55.4 Å². The molecule has 1 aliphatic rings. The summed E-state index contributed by atoms with van der Waals surface area (Å²) in [4.78, 5) is 13.7. The molecule has 0 N–H and O–H groups in total. The molecule has 0 bridgehead atoms. The van der Waals surface area contributed by atoms with Crippen molar-refractivity contribution in [2.75, 3.05) is 38.1 Å². The highest BCUT2D eigenvalue weighted by atomic mass is 15.2. The van der Waals surface area contributed by atoms with Gasteiger partial charge in [0.15, 0.2) is 0 Å². The van der Waals surface area contributed by atoms with E-state index in [1.54, 1.807) is 6.33 Å². The fraction of sp³-hybridized carbons (Fsp3) is 0.238. The van der Waals surface area contributed by atoms with Gasteiger partial charge in [0.2, 0.25) is 0 Å². The summed E-state index contributed by atoms with van der Waals surface area (Å²) >= 11 is 0. The van der Waals surface area contributed by atoms with Gasteiger partial charge < -0.3 is 9.80 Å². The van der Waals surface area contributed by atoms with Crippen molar-refractivity contribution in [2.24, 2.45) is 0 Å². The van der Waals surface area contributed by atoms with Crippen molar-refractivity contribution in [2.45, 2.75) is 0 Å². The van der Waals surface area contributed by atoms with Gasteiger partial charge in [-0.2, -0.15) is 0 Å². The molecule has 1 aliphatic heterocycles. The van der Waals surface area contributed by atoms with Crippen LogP contribution in [-0.2, 0) is 0 Å². The fourth-order valence-electron chi connectivity index (χ4n) is 3.33. The number of piperazine rings is 1. The molecule has 25 heavy (non-hydrogen) atoms. The van der Waals surface area contributed by atoms with Gasteiger partial charge in [0.1, 0.15) is 6.33 Å². The summed E-state index contributed by atoms with van der Waals surface area (Å²) in [6.07, 6.45) is 3.49. The van der Waals surface area contributed by atoms with Crippen LogP contribution in [-0.4, -0.2) is 48.1 Å². The van der Waals surface area contributed by atoms with Crippen molar-refractivity contribution in [3.8, 4) is 11.3 Å². The van der Waals surface area contributed by atoms with E-state index in [0.717, 1.165) is 53.9 Å². The quantitative estimate of drug-likeness (QED) is 0.733. The van der Waals surface area contributed by atoms with Gasteiger partial charge in [-0.25, -0.2) is 9.97 Å². The van der Waals surface area contributed by atoms with Gasteiger partial charge in [-0.3, -0.25) is 0 Å². The van der Waals surface area contributed by atoms with E-state index >= 15 is 0 Å². The van der Waals surface area contributed by atoms with Crippen LogP contribution in [0.2, 0.25) is 0 Å². The van der Waals surface area contributed by atoms with Crippen molar-refractivity contribution in [3.63, 3.8) is 0 Å². The lowest BCUT2D eigenvalue weighted by Gasteiger charge is -2.34. The third-order valence-electron chi connectivity index (χ3n) is 4.90. The van der Waals surface area contributed by atoms with Gasteiger partial charge in [-0.05, 0) is 36.9 Å². The Morgan fingerprint density at radius 2 is 1.72 bits per heavy atom. The van der Waals surface area contributed by atoms with Crippen LogP contribution in [0.3, 0.4) is 0 Å². The van der Waals surface area contributed by atoms with E-state index in [2.05, 4.69) is 63.7 Å². The van der Waals surface area contributed by atoms with Gasteiger partial charge in [0.25, 0.3) is 0 Å². The third kappa shape index (κ3) is 3.13. The van der Waals surface area contributed by atoms with Crippen molar-refractivity contribution >= 4 is 22.7 Å². The average Bonchev–Trinajstić information content (AvgIpc) is 2.68. The second-order valence-corrected chi connectivity index (χ2v) is 6.54. The van der Waals surface area contributed by atoms with E-state index in [4.69, 9.17) is 0 Å². The number of anilines is 1. The summed E-state index contributed by atoms with van der Waals surface area (Å²) < 4.78 is 0. The Balaban J connectivity index is 1.68. The SMILES string of the molecule is C=Cc1ccc2ncnc(-c3ccc(N4CCN(C)CC4)cc3)c2c1. The van der Waals surface area contributed by atoms with Gasteiger partial charge >= 0.3 is 0 Å². The molecule has 4 heteroatoms. The maximum atomic E-state index is 4.54. The number of benzene rings is 2. The Morgan fingerprint density at radius 3 is 2.44 bits per heavy atom. The van der Waals surface area contributed by atoms with Crippen molar-refractivity contribution < 1.29 is 0 Å². The number of fused-ring (bicyclic) bond motifs is 1. The highest BCUT2D eigenvalue weighted by molar-refractivity contribution is 5.93. The summed E-state index contributed by atoms with van der Waals surface area (Å²) in [7, 11) is 2.18. The maximum Gasteiger partial charge on any atom is 0.116 e. The first-order valence-corrected chi connectivity index (χ1v) is 8.66. The lowest BCUT2D eigenvalue weighted by Crippen LogP contribution is -2.44. The fourth-order valence-corrected chi connectivity index (χ4v) is 3.33. The van der Waals surface area contributed by atoms with E-state index in [-0.39, 0.29) is 0 Å². The minimum atomic E-state index is 0.957. The van der Waals surface area contributed by atoms with Crippen molar-refractivity contribution in [1.82, 2.24) is 14.9 Å². The van der Waals surface area contributed by atoms with E-state index in [1.165, 1.54) is 5.69 Å². The molecule has 2 aromatic carbocycles. The molecule has 0 spiro atoms. The molecule has 0 saturated carbocycles. The second kappa shape index (κ2) is 6.65. The van der Waals surface area contributed by atoms with Gasteiger partial charge in [-0.15, -0.1) is 0 Å². The summed E-state index contributed by atoms with van der Waals surface area (Å²) in [6, 6.07) is 14.9. The Morgan fingerprint density at radius 1 is 0.960 bits per heavy atom. The molecule has 1 fully saturated rings. The molecule has 4 nitrogen and oxygen atoms in total. The largest absolute Gasteiger partial charge is 0.369 e. The molecule has 126 valence electrons. The number of rotatable bonds is 3. The number of likely N-dealkylation sites (N-methyl/N-ethyl adjacent to an activating group) is 1. The zero-order valence-electron chi connectivity index (χ0n) is 14.5. The molecule has 0 atom stereocenters. The van der Waals surface area contributed by atoms with Gasteiger partial charge in [-0.1, -0.05) is 30.9 Å². The molecule has 0 amide bonds. The zero-order valence-corrected chi connectivity index (χ0v) is 14.5. The number of hydrogen-bond donors (Lipinski definition) is 0. The van der Waals surface area contributed by atoms with Crippen LogP contribution in [0.25, 0.3) is 28.2 Å². The van der Waals surface area contributed by atoms with Crippen LogP contribution in [0.1, 0.15) is 5.56 Å². The Hall–Kier alpha value is -2.72. The van der Waals surface area contributed by atoms with E-state index < -0.39 is 0 Å². The van der Waals surface area contributed by atoms with Gasteiger partial charge in [0.05, 0.1) is 11.2 Å². The first kappa shape index (κ1) is 15.8. The summed E-state index contributed by atoms with van der Waals surface area (Å²) in [5, 5.41) is 1.06. The van der Waals surface area contributed by atoms with Crippen LogP contribution in [0.5, 0.6) is 0 Å². The first-order valence-electron chi connectivity index (χ1n) is 8.66. The average molecular weight is 330 g/mol. The molecule has 0 aliphatic carbocycles. The third-order valence-corrected chi connectivity index (χ3v) is 4.90. The number of hydrogen-bond acceptors (Lipinski definition) is 4. The smallest absolute Gasteiger partial charge is 0.116 e. The monoisotopic (exact) mass is 330 g/mol. The van der Waals surface area contributed by atoms with Crippen molar-refractivity contribution in [1.29, 1.82) is 0 Å². The summed E-state index contributed by atoms with van der Waals surface area (Å²) in [6.45, 7) is 8.24. The Kier molecular flexibility index (Phi) is 4.20. The molecule has 2 heterocycles. The summed E-state index contributed by atoms with van der Waals surface area (Å²) in [5.74, 6) is 0. The second-order valence-electron chi connectivity index (χ2n) is 6.54. The number of aromatic nitrogens is 2. The van der Waals surface area contributed by atoms with Crippen molar-refractivity contribution in [3.05, 3.63) is 60.9 Å². The number of nitrogens with zero attached hydrogens (tertiary/aromatic N) is 4. The van der Waals surface area contributed by atoms with Crippen LogP contribution in [0.4, 0.5) is 5.69 Å². The van der Waals surface area contributed by atoms with Crippen LogP contribution >= 0.6 is 0 Å². The molecule has 0 unspecified atom stereocenters. The minimum Gasteiger partial charge on any atom is -0.369 e. The normalized spacial score (nSPS) is 15.5. The molecule has 1 saturated heterocycles. The first-order chi connectivity index (χ1) is 12.2. The van der Waals surface area contributed by atoms with Gasteiger partial charge in [0, 0.05) is 42.8 Å². The summed E-state index contributed by atoms with van der Waals surface area (Å²) in [5.41, 5.74) is 5.41. The standard InChI is InChI=1S/C21H22N4/c1-3-16-4-9-20-19(14-16)21(23-15-22-20)17-5-7-18(8-6-17)25-12-10-24(2)11-13-25/h3-9,14-15H,1,10-13H2,2H3. The van der Waals surface area contributed by atoms with Crippen LogP contribution in [0, 0.1) is 0 Å². The predicted octanol–water partition coefficient (Wildman–Crippen LogP) is 3.69. The maximum absolute atomic E-state index is 4.54. The molecule has 0 radical (unpaired) electrons. The Bertz CT molecular complexity index is 893. The predicted molar refractivity (Wildman–Crippen MR) is 105 cm³/mol. The molecule has 4 rings (SSSR count). The molecule has 3 aromatic rings. The lowest BCUT2D eigenvalue weighted by atomic mass is 10.0. The molecular weight excluding hydrogens is 308 g/mol. The van der Waals surface area contributed by atoms with E-state index in [1.807, 2.05) is 18.2 Å². The van der Waals surface area contributed by atoms with E-state index in [0.29, 0.717) is 0 Å². The topological polar surface area (TPSA) is 32.3 Å². The molecule has 1 aromatic heterocycles. The van der Waals surface area contributed by atoms with Crippen LogP contribution < -0.4 is 4.90 Å². The Labute approximate surface area is 148 Å². The highest BCUT2D eigenvalue weighted by Gasteiger charge is 2.14. The zero-order chi connectivity index (χ0) is 17.2. The minimum absolute atomic E-state index is 0.957.